The van der Waals surface area contributed by atoms with Gasteiger partial charge in [-0.15, -0.1) is 0 Å². The van der Waals surface area contributed by atoms with E-state index in [0.717, 1.165) is 24.5 Å². The number of hydrogen-bond acceptors (Lipinski definition) is 3. The van der Waals surface area contributed by atoms with Crippen molar-refractivity contribution in [3.05, 3.63) is 78.2 Å². The maximum atomic E-state index is 12.6. The molecule has 0 unspecified atom stereocenters. The third kappa shape index (κ3) is 13.1. The molecule has 10 heteroatoms. The molecule has 1 heterocycles. The molecule has 0 fully saturated rings. The maximum Gasteiger partial charge on any atom is 0.432 e. The summed E-state index contributed by atoms with van der Waals surface area (Å²) in [5.74, 6) is -0.449. The minimum atomic E-state index is -4.45. The fourth-order valence-corrected chi connectivity index (χ4v) is 1.62. The van der Waals surface area contributed by atoms with E-state index in [1.165, 1.54) is 12.1 Å². The van der Waals surface area contributed by atoms with Crippen LogP contribution in [-0.4, -0.2) is 24.9 Å². The Morgan fingerprint density at radius 1 is 0.931 bits per heavy atom. The molecule has 0 amide bonds. The third-order valence-corrected chi connectivity index (χ3v) is 2.69. The standard InChI is InChI=1S/C10H6F4N2.C6H6.C2H6.CH5NO2S/c11-7-3-1-6(2-4-7)8-5-9(16-15-8)10(12,13)14;1-2-4-6-5-3-1;1-2;1-5(2,3)4/h1-5H,(H,15,16);1-6H;1-2H3;1H3,(H2,2,3,4). The minimum absolute atomic E-state index is 0.132. The first kappa shape index (κ1) is 26.3. The topological polar surface area (TPSA) is 88.8 Å². The van der Waals surface area contributed by atoms with Crippen molar-refractivity contribution in [1.82, 2.24) is 10.2 Å². The smallest absolute Gasteiger partial charge is 0.273 e. The molecule has 0 aliphatic carbocycles. The molecule has 1 aromatic heterocycles. The largest absolute Gasteiger partial charge is 0.432 e. The molecule has 0 bridgehead atoms. The first-order valence-electron chi connectivity index (χ1n) is 8.33. The Balaban J connectivity index is 0.000000496. The zero-order valence-electron chi connectivity index (χ0n) is 16.1. The van der Waals surface area contributed by atoms with Gasteiger partial charge >= 0.3 is 6.18 Å². The summed E-state index contributed by atoms with van der Waals surface area (Å²) >= 11 is 0. The second kappa shape index (κ2) is 12.7. The summed E-state index contributed by atoms with van der Waals surface area (Å²) in [5.41, 5.74) is -0.368. The number of primary sulfonamides is 1. The Labute approximate surface area is 167 Å². The van der Waals surface area contributed by atoms with E-state index in [-0.39, 0.29) is 5.69 Å². The van der Waals surface area contributed by atoms with Crippen LogP contribution < -0.4 is 5.14 Å². The van der Waals surface area contributed by atoms with E-state index >= 15 is 0 Å². The average Bonchev–Trinajstić information content (AvgIpc) is 3.15. The first-order valence-corrected chi connectivity index (χ1v) is 10.3. The van der Waals surface area contributed by atoms with Gasteiger partial charge in [-0.3, -0.25) is 5.10 Å². The van der Waals surface area contributed by atoms with Crippen LogP contribution in [0, 0.1) is 5.82 Å². The molecule has 0 radical (unpaired) electrons. The number of aromatic nitrogens is 2. The number of hydrogen-bond donors (Lipinski definition) is 2. The lowest BCUT2D eigenvalue weighted by atomic mass is 10.1. The summed E-state index contributed by atoms with van der Waals surface area (Å²) < 4.78 is 68.2. The maximum absolute atomic E-state index is 12.6. The Bertz CT molecular complexity index is 876. The van der Waals surface area contributed by atoms with Gasteiger partial charge < -0.3 is 0 Å². The van der Waals surface area contributed by atoms with Crippen LogP contribution >= 0.6 is 0 Å². The van der Waals surface area contributed by atoms with Crippen molar-refractivity contribution in [2.75, 3.05) is 6.26 Å². The molecule has 3 N–H and O–H groups in total. The summed E-state index contributed by atoms with van der Waals surface area (Å²) in [4.78, 5) is 0. The van der Waals surface area contributed by atoms with Crippen molar-refractivity contribution < 1.29 is 26.0 Å². The highest BCUT2D eigenvalue weighted by Crippen LogP contribution is 2.30. The quantitative estimate of drug-likeness (QED) is 0.538. The summed E-state index contributed by atoms with van der Waals surface area (Å²) in [6.45, 7) is 4.00. The highest BCUT2D eigenvalue weighted by Gasteiger charge is 2.33. The molecule has 2 aromatic carbocycles. The van der Waals surface area contributed by atoms with Crippen molar-refractivity contribution in [1.29, 1.82) is 0 Å². The van der Waals surface area contributed by atoms with E-state index in [4.69, 9.17) is 0 Å². The van der Waals surface area contributed by atoms with Gasteiger partial charge in [0.15, 0.2) is 0 Å². The molecule has 0 spiro atoms. The summed E-state index contributed by atoms with van der Waals surface area (Å²) in [6, 6.07) is 17.9. The van der Waals surface area contributed by atoms with Crippen LogP contribution in [0.15, 0.2) is 66.7 Å². The monoisotopic (exact) mass is 433 g/mol. The van der Waals surface area contributed by atoms with Crippen molar-refractivity contribution in [3.8, 4) is 11.3 Å². The minimum Gasteiger partial charge on any atom is -0.273 e. The number of nitrogens with zero attached hydrogens (tertiary/aromatic N) is 1. The number of sulfonamides is 1. The fourth-order valence-electron chi connectivity index (χ4n) is 1.62. The van der Waals surface area contributed by atoms with Crippen LogP contribution in [0.4, 0.5) is 17.6 Å². The number of aromatic amines is 1. The number of nitrogens with one attached hydrogen (secondary N) is 1. The second-order valence-electron chi connectivity index (χ2n) is 5.16. The van der Waals surface area contributed by atoms with Crippen molar-refractivity contribution in [2.45, 2.75) is 20.0 Å². The van der Waals surface area contributed by atoms with E-state index in [1.807, 2.05) is 55.3 Å². The van der Waals surface area contributed by atoms with E-state index in [0.29, 0.717) is 5.56 Å². The van der Waals surface area contributed by atoms with Crippen LogP contribution in [0.1, 0.15) is 19.5 Å². The van der Waals surface area contributed by atoms with Crippen molar-refractivity contribution in [3.63, 3.8) is 0 Å². The van der Waals surface area contributed by atoms with Crippen LogP contribution in [0.3, 0.4) is 0 Å². The van der Waals surface area contributed by atoms with Gasteiger partial charge in [0.25, 0.3) is 0 Å². The van der Waals surface area contributed by atoms with Gasteiger partial charge in [0.2, 0.25) is 10.0 Å². The van der Waals surface area contributed by atoms with Gasteiger partial charge in [0.1, 0.15) is 11.5 Å². The molecular formula is C19H23F4N3O2S. The molecule has 0 atom stereocenters. The normalized spacial score (nSPS) is 10.3. The van der Waals surface area contributed by atoms with E-state index in [2.05, 4.69) is 10.2 Å². The van der Waals surface area contributed by atoms with Crippen LogP contribution in [-0.2, 0) is 16.2 Å². The predicted octanol–water partition coefficient (Wildman–Crippen LogP) is 4.85. The van der Waals surface area contributed by atoms with Gasteiger partial charge in [0, 0.05) is 5.56 Å². The number of alkyl halides is 3. The number of nitrogens with two attached hydrogens (primary N) is 1. The lowest BCUT2D eigenvalue weighted by Gasteiger charge is -1.99. The predicted molar refractivity (Wildman–Crippen MR) is 106 cm³/mol. The Hall–Kier alpha value is -2.72. The van der Waals surface area contributed by atoms with Crippen LogP contribution in [0.25, 0.3) is 11.3 Å². The molecule has 0 aliphatic heterocycles. The molecule has 0 saturated heterocycles. The van der Waals surface area contributed by atoms with Crippen molar-refractivity contribution in [2.24, 2.45) is 5.14 Å². The Morgan fingerprint density at radius 2 is 1.31 bits per heavy atom. The molecule has 5 nitrogen and oxygen atoms in total. The van der Waals surface area contributed by atoms with Crippen LogP contribution in [0.5, 0.6) is 0 Å². The zero-order chi connectivity index (χ0) is 22.5. The van der Waals surface area contributed by atoms with Crippen molar-refractivity contribution >= 4 is 10.0 Å². The van der Waals surface area contributed by atoms with Gasteiger partial charge in [-0.2, -0.15) is 18.3 Å². The van der Waals surface area contributed by atoms with E-state index in [9.17, 15) is 26.0 Å². The molecule has 0 aliphatic rings. The van der Waals surface area contributed by atoms with Gasteiger partial charge in [-0.25, -0.2) is 17.9 Å². The highest BCUT2D eigenvalue weighted by atomic mass is 32.2. The summed E-state index contributed by atoms with van der Waals surface area (Å²) in [7, 11) is -3.17. The van der Waals surface area contributed by atoms with Gasteiger partial charge in [-0.1, -0.05) is 50.2 Å². The molecular weight excluding hydrogens is 410 g/mol. The third-order valence-electron chi connectivity index (χ3n) is 2.69. The molecule has 160 valence electrons. The van der Waals surface area contributed by atoms with E-state index in [1.54, 1.807) is 0 Å². The zero-order valence-corrected chi connectivity index (χ0v) is 16.9. The summed E-state index contributed by atoms with van der Waals surface area (Å²) in [5, 5.41) is 9.73. The van der Waals surface area contributed by atoms with Crippen LogP contribution in [0.2, 0.25) is 0 Å². The molecule has 3 aromatic rings. The lowest BCUT2D eigenvalue weighted by molar-refractivity contribution is -0.141. The Morgan fingerprint density at radius 3 is 1.62 bits per heavy atom. The number of rotatable bonds is 1. The molecule has 3 rings (SSSR count). The number of H-pyrrole nitrogens is 1. The number of benzene rings is 2. The van der Waals surface area contributed by atoms with Gasteiger partial charge in [-0.05, 0) is 30.3 Å². The highest BCUT2D eigenvalue weighted by molar-refractivity contribution is 7.88. The SMILES string of the molecule is CC.CS(N)(=O)=O.Fc1ccc(-c2cc(C(F)(F)F)[nH]n2)cc1.c1ccccc1. The molecule has 29 heavy (non-hydrogen) atoms. The number of halogens is 4. The molecule has 0 saturated carbocycles. The first-order chi connectivity index (χ1) is 13.5. The second-order valence-corrected chi connectivity index (χ2v) is 6.81. The van der Waals surface area contributed by atoms with Gasteiger partial charge in [0.05, 0.1) is 11.9 Å². The lowest BCUT2D eigenvalue weighted by Crippen LogP contribution is -2.07. The van der Waals surface area contributed by atoms with E-state index < -0.39 is 27.7 Å². The summed E-state index contributed by atoms with van der Waals surface area (Å²) in [6.07, 6.45) is -3.52. The average molecular weight is 433 g/mol. The Kier molecular flexibility index (Phi) is 11.5. The fraction of sp³-hybridized carbons (Fsp3) is 0.211.